The predicted octanol–water partition coefficient (Wildman–Crippen LogP) is 5.45. The van der Waals surface area contributed by atoms with Crippen molar-refractivity contribution in [3.05, 3.63) is 88.1 Å². The van der Waals surface area contributed by atoms with Crippen LogP contribution in [0.1, 0.15) is 5.56 Å². The molecule has 0 fully saturated rings. The first-order chi connectivity index (χ1) is 16.7. The summed E-state index contributed by atoms with van der Waals surface area (Å²) in [4.78, 5) is 17.1. The van der Waals surface area contributed by atoms with Gasteiger partial charge >= 0.3 is 6.18 Å². The number of pyridine rings is 2. The lowest BCUT2D eigenvalue weighted by Crippen LogP contribution is -2.19. The van der Waals surface area contributed by atoms with Crippen LogP contribution in [-0.4, -0.2) is 29.9 Å². The van der Waals surface area contributed by atoms with Gasteiger partial charge in [-0.15, -0.1) is 0 Å². The Morgan fingerprint density at radius 3 is 2.17 bits per heavy atom. The standard InChI is InChI=1S/C24H18F5N3O3/c1-34-10-11-35-21-12-18(24(27,28)29)22-19(33)13-20(30-16-6-2-14(25)3-7-16)32(23(22)31-21)17-8-4-15(26)5-9-17/h2-9,12-13,30H,10-11H2,1H3. The highest BCUT2D eigenvalue weighted by molar-refractivity contribution is 5.85. The minimum absolute atomic E-state index is 0.0235. The molecule has 0 saturated carbocycles. The molecule has 35 heavy (non-hydrogen) atoms. The van der Waals surface area contributed by atoms with Crippen molar-refractivity contribution in [2.75, 3.05) is 25.6 Å². The van der Waals surface area contributed by atoms with Crippen LogP contribution in [0.4, 0.5) is 33.5 Å². The summed E-state index contributed by atoms with van der Waals surface area (Å²) in [6.07, 6.45) is -4.90. The zero-order valence-corrected chi connectivity index (χ0v) is 18.2. The van der Waals surface area contributed by atoms with Gasteiger partial charge in [-0.25, -0.2) is 8.78 Å². The molecule has 1 N–H and O–H groups in total. The number of nitrogens with one attached hydrogen (secondary N) is 1. The van der Waals surface area contributed by atoms with Gasteiger partial charge in [-0.1, -0.05) is 0 Å². The van der Waals surface area contributed by atoms with E-state index in [-0.39, 0.29) is 36.2 Å². The van der Waals surface area contributed by atoms with Gasteiger partial charge in [0.1, 0.15) is 24.1 Å². The number of alkyl halides is 3. The van der Waals surface area contributed by atoms with Crippen molar-refractivity contribution in [1.82, 2.24) is 9.55 Å². The summed E-state index contributed by atoms with van der Waals surface area (Å²) in [5.41, 5.74) is -1.98. The van der Waals surface area contributed by atoms with Crippen LogP contribution in [0.3, 0.4) is 0 Å². The van der Waals surface area contributed by atoms with Gasteiger partial charge in [-0.3, -0.25) is 9.36 Å². The van der Waals surface area contributed by atoms with Gasteiger partial charge in [0.25, 0.3) is 0 Å². The normalized spacial score (nSPS) is 11.6. The molecule has 2 aromatic heterocycles. The Kier molecular flexibility index (Phi) is 6.70. The molecule has 4 aromatic rings. The molecule has 0 aliphatic rings. The molecule has 0 amide bonds. The van der Waals surface area contributed by atoms with Gasteiger partial charge in [-0.2, -0.15) is 18.2 Å². The molecular weight excluding hydrogens is 473 g/mol. The van der Waals surface area contributed by atoms with E-state index in [0.29, 0.717) is 11.8 Å². The van der Waals surface area contributed by atoms with Gasteiger partial charge in [0.2, 0.25) is 5.88 Å². The van der Waals surface area contributed by atoms with Gasteiger partial charge in [-0.05, 0) is 48.5 Å². The molecule has 0 atom stereocenters. The second-order valence-electron chi connectivity index (χ2n) is 7.38. The third-order valence-electron chi connectivity index (χ3n) is 4.99. The summed E-state index contributed by atoms with van der Waals surface area (Å²) >= 11 is 0. The molecule has 2 heterocycles. The lowest BCUT2D eigenvalue weighted by molar-refractivity contribution is -0.136. The monoisotopic (exact) mass is 491 g/mol. The van der Waals surface area contributed by atoms with Crippen LogP contribution in [0.5, 0.6) is 5.88 Å². The first kappa shape index (κ1) is 24.1. The number of nitrogens with zero attached hydrogens (tertiary/aromatic N) is 2. The molecule has 182 valence electrons. The Labute approximate surface area is 195 Å². The van der Waals surface area contributed by atoms with Gasteiger partial charge < -0.3 is 14.8 Å². The van der Waals surface area contributed by atoms with Crippen molar-refractivity contribution in [3.63, 3.8) is 0 Å². The highest BCUT2D eigenvalue weighted by atomic mass is 19.4. The highest BCUT2D eigenvalue weighted by Crippen LogP contribution is 2.37. The van der Waals surface area contributed by atoms with Crippen molar-refractivity contribution in [2.24, 2.45) is 0 Å². The fourth-order valence-corrected chi connectivity index (χ4v) is 3.44. The van der Waals surface area contributed by atoms with Crippen LogP contribution in [0.15, 0.2) is 65.5 Å². The number of benzene rings is 2. The molecule has 0 aliphatic carbocycles. The first-order valence-electron chi connectivity index (χ1n) is 10.3. The Morgan fingerprint density at radius 2 is 1.57 bits per heavy atom. The molecule has 0 radical (unpaired) electrons. The Morgan fingerprint density at radius 1 is 0.943 bits per heavy atom. The van der Waals surface area contributed by atoms with E-state index in [0.717, 1.165) is 18.2 Å². The van der Waals surface area contributed by atoms with Gasteiger partial charge in [0.15, 0.2) is 11.1 Å². The molecule has 4 rings (SSSR count). The van der Waals surface area contributed by atoms with Crippen molar-refractivity contribution in [2.45, 2.75) is 6.18 Å². The number of hydrogen-bond acceptors (Lipinski definition) is 5. The maximum absolute atomic E-state index is 14.0. The molecule has 0 saturated heterocycles. The molecular formula is C24H18F5N3O3. The quantitative estimate of drug-likeness (QED) is 0.275. The van der Waals surface area contributed by atoms with E-state index < -0.39 is 34.2 Å². The first-order valence-corrected chi connectivity index (χ1v) is 10.3. The van der Waals surface area contributed by atoms with Crippen molar-refractivity contribution in [3.8, 4) is 11.6 Å². The fraction of sp³-hybridized carbons (Fsp3) is 0.167. The molecule has 2 aromatic carbocycles. The average molecular weight is 491 g/mol. The largest absolute Gasteiger partial charge is 0.475 e. The number of hydrogen-bond donors (Lipinski definition) is 1. The van der Waals surface area contributed by atoms with E-state index in [2.05, 4.69) is 10.3 Å². The van der Waals surface area contributed by atoms with Crippen molar-refractivity contribution < 1.29 is 31.4 Å². The number of aromatic nitrogens is 2. The third kappa shape index (κ3) is 5.24. The van der Waals surface area contributed by atoms with Crippen LogP contribution < -0.4 is 15.5 Å². The number of ether oxygens (including phenoxy) is 2. The molecule has 0 aliphatic heterocycles. The highest BCUT2D eigenvalue weighted by Gasteiger charge is 2.36. The average Bonchev–Trinajstić information content (AvgIpc) is 2.81. The van der Waals surface area contributed by atoms with E-state index in [1.165, 1.54) is 48.1 Å². The van der Waals surface area contributed by atoms with Crippen molar-refractivity contribution >= 4 is 22.5 Å². The third-order valence-corrected chi connectivity index (χ3v) is 4.99. The Bertz CT molecular complexity index is 1400. The number of methoxy groups -OCH3 is 1. The topological polar surface area (TPSA) is 65.4 Å². The number of anilines is 2. The maximum Gasteiger partial charge on any atom is 0.417 e. The summed E-state index contributed by atoms with van der Waals surface area (Å²) in [6.45, 7) is 0.0125. The predicted molar refractivity (Wildman–Crippen MR) is 119 cm³/mol. The van der Waals surface area contributed by atoms with Gasteiger partial charge in [0, 0.05) is 30.6 Å². The maximum atomic E-state index is 14.0. The molecule has 0 unspecified atom stereocenters. The Hall–Kier alpha value is -3.99. The van der Waals surface area contributed by atoms with Crippen molar-refractivity contribution in [1.29, 1.82) is 0 Å². The van der Waals surface area contributed by atoms with Crippen LogP contribution in [0, 0.1) is 11.6 Å². The molecule has 11 heteroatoms. The second-order valence-corrected chi connectivity index (χ2v) is 7.38. The lowest BCUT2D eigenvalue weighted by Gasteiger charge is -2.20. The zero-order chi connectivity index (χ0) is 25.2. The molecule has 0 spiro atoms. The zero-order valence-electron chi connectivity index (χ0n) is 18.2. The summed E-state index contributed by atoms with van der Waals surface area (Å²) in [6, 6.07) is 11.6. The van der Waals surface area contributed by atoms with Gasteiger partial charge in [0.05, 0.1) is 17.6 Å². The summed E-state index contributed by atoms with van der Waals surface area (Å²) in [5.74, 6) is -1.43. The minimum Gasteiger partial charge on any atom is -0.475 e. The van der Waals surface area contributed by atoms with E-state index in [1.807, 2.05) is 0 Å². The van der Waals surface area contributed by atoms with Crippen LogP contribution >= 0.6 is 0 Å². The van der Waals surface area contributed by atoms with E-state index in [1.54, 1.807) is 0 Å². The van der Waals surface area contributed by atoms with E-state index in [9.17, 15) is 26.7 Å². The fourth-order valence-electron chi connectivity index (χ4n) is 3.44. The lowest BCUT2D eigenvalue weighted by atomic mass is 10.1. The van der Waals surface area contributed by atoms with Crippen LogP contribution in [-0.2, 0) is 10.9 Å². The number of rotatable bonds is 7. The van der Waals surface area contributed by atoms with E-state index >= 15 is 0 Å². The minimum atomic E-state index is -4.90. The molecule has 6 nitrogen and oxygen atoms in total. The number of halogens is 5. The smallest absolute Gasteiger partial charge is 0.417 e. The summed E-state index contributed by atoms with van der Waals surface area (Å²) < 4.78 is 80.3. The van der Waals surface area contributed by atoms with E-state index in [4.69, 9.17) is 9.47 Å². The Balaban J connectivity index is 2.03. The van der Waals surface area contributed by atoms with Crippen LogP contribution in [0.25, 0.3) is 16.7 Å². The van der Waals surface area contributed by atoms with Crippen LogP contribution in [0.2, 0.25) is 0 Å². The summed E-state index contributed by atoms with van der Waals surface area (Å²) in [7, 11) is 1.40. The number of fused-ring (bicyclic) bond motifs is 1. The molecule has 0 bridgehead atoms. The SMILES string of the molecule is COCCOc1cc(C(F)(F)F)c2c(=O)cc(Nc3ccc(F)cc3)n(-c3ccc(F)cc3)c2n1. The summed E-state index contributed by atoms with van der Waals surface area (Å²) in [5, 5.41) is 2.21. The second kappa shape index (κ2) is 9.71.